The molecule has 4 aromatic rings. The molecule has 1 aliphatic heterocycles. The second-order valence-electron chi connectivity index (χ2n) is 7.84. The fourth-order valence-corrected chi connectivity index (χ4v) is 4.11. The molecule has 0 aliphatic carbocycles. The number of fused-ring (bicyclic) bond motifs is 2. The molecule has 0 saturated carbocycles. The molecule has 0 radical (unpaired) electrons. The van der Waals surface area contributed by atoms with Gasteiger partial charge in [-0.05, 0) is 43.2 Å². The zero-order valence-corrected chi connectivity index (χ0v) is 17.4. The van der Waals surface area contributed by atoms with Crippen LogP contribution in [0.1, 0.15) is 41.3 Å². The summed E-state index contributed by atoms with van der Waals surface area (Å²) in [5.74, 6) is 1.38. The maximum atomic E-state index is 12.9. The molecule has 1 amide bonds. The first-order chi connectivity index (χ1) is 15.6. The van der Waals surface area contributed by atoms with Crippen molar-refractivity contribution in [3.63, 3.8) is 0 Å². The van der Waals surface area contributed by atoms with Crippen LogP contribution in [0.4, 0.5) is 0 Å². The van der Waals surface area contributed by atoms with Crippen LogP contribution in [-0.4, -0.2) is 30.2 Å². The van der Waals surface area contributed by atoms with Crippen LogP contribution >= 0.6 is 0 Å². The van der Waals surface area contributed by atoms with Crippen LogP contribution < -0.4 is 16.6 Å². The molecule has 9 heteroatoms. The number of hydrogen-bond acceptors (Lipinski definition) is 5. The van der Waals surface area contributed by atoms with Crippen LogP contribution in [0.25, 0.3) is 16.6 Å². The molecular weight excluding hydrogens is 408 g/mol. The Balaban J connectivity index is 1.40. The molecule has 9 nitrogen and oxygen atoms in total. The summed E-state index contributed by atoms with van der Waals surface area (Å²) < 4.78 is 3.16. The third-order valence-electron chi connectivity index (χ3n) is 5.77. The van der Waals surface area contributed by atoms with Crippen molar-refractivity contribution in [3.8, 4) is 5.69 Å². The zero-order valence-electron chi connectivity index (χ0n) is 17.4. The van der Waals surface area contributed by atoms with E-state index < -0.39 is 11.2 Å². The lowest BCUT2D eigenvalue weighted by molar-refractivity contribution is 0.0949. The number of hydrogen-bond donors (Lipinski definition) is 2. The lowest BCUT2D eigenvalue weighted by Crippen LogP contribution is -2.33. The van der Waals surface area contributed by atoms with Crippen LogP contribution in [0, 0.1) is 0 Å². The van der Waals surface area contributed by atoms with E-state index in [1.165, 1.54) is 6.07 Å². The number of rotatable bonds is 4. The van der Waals surface area contributed by atoms with E-state index in [1.807, 2.05) is 6.07 Å². The zero-order chi connectivity index (χ0) is 22.1. The van der Waals surface area contributed by atoms with Crippen molar-refractivity contribution < 1.29 is 4.79 Å². The van der Waals surface area contributed by atoms with Gasteiger partial charge in [0, 0.05) is 18.5 Å². The van der Waals surface area contributed by atoms with E-state index in [0.29, 0.717) is 22.2 Å². The highest BCUT2D eigenvalue weighted by Crippen LogP contribution is 2.15. The van der Waals surface area contributed by atoms with Crippen LogP contribution in [0.3, 0.4) is 0 Å². The second-order valence-corrected chi connectivity index (χ2v) is 7.84. The number of benzene rings is 2. The van der Waals surface area contributed by atoms with Crippen molar-refractivity contribution in [2.75, 3.05) is 0 Å². The van der Waals surface area contributed by atoms with E-state index >= 15 is 0 Å². The Morgan fingerprint density at radius 1 is 1.03 bits per heavy atom. The summed E-state index contributed by atoms with van der Waals surface area (Å²) >= 11 is 0. The quantitative estimate of drug-likeness (QED) is 0.513. The number of H-pyrrole nitrogens is 1. The monoisotopic (exact) mass is 430 g/mol. The number of para-hydroxylation sites is 1. The van der Waals surface area contributed by atoms with E-state index in [1.54, 1.807) is 36.4 Å². The highest BCUT2D eigenvalue weighted by molar-refractivity contribution is 5.97. The minimum Gasteiger partial charge on any atom is -0.345 e. The third-order valence-corrected chi connectivity index (χ3v) is 5.77. The van der Waals surface area contributed by atoms with Gasteiger partial charge in [-0.2, -0.15) is 0 Å². The number of carbonyl (C=O) groups excluding carboxylic acids is 1. The van der Waals surface area contributed by atoms with E-state index in [4.69, 9.17) is 0 Å². The summed E-state index contributed by atoms with van der Waals surface area (Å²) in [5, 5.41) is 11.7. The maximum absolute atomic E-state index is 12.9. The van der Waals surface area contributed by atoms with Gasteiger partial charge >= 0.3 is 5.69 Å². The van der Waals surface area contributed by atoms with Gasteiger partial charge in [-0.15, -0.1) is 10.2 Å². The number of nitrogens with one attached hydrogen (secondary N) is 2. The van der Waals surface area contributed by atoms with Gasteiger partial charge in [-0.1, -0.05) is 24.6 Å². The van der Waals surface area contributed by atoms with Gasteiger partial charge in [0.2, 0.25) is 0 Å². The Morgan fingerprint density at radius 3 is 2.72 bits per heavy atom. The van der Waals surface area contributed by atoms with E-state index in [9.17, 15) is 14.4 Å². The molecule has 32 heavy (non-hydrogen) atoms. The SMILES string of the molecule is O=C(NCc1nnc2n1CCCCC2)c1ccc2c(=O)n(-c3ccccc3)c(=O)[nH]c2c1. The minimum atomic E-state index is -0.558. The molecular formula is C23H22N6O3. The van der Waals surface area contributed by atoms with E-state index in [2.05, 4.69) is 25.1 Å². The second kappa shape index (κ2) is 8.26. The van der Waals surface area contributed by atoms with Crippen molar-refractivity contribution in [2.24, 2.45) is 0 Å². The lowest BCUT2D eigenvalue weighted by atomic mass is 10.1. The summed E-state index contributed by atoms with van der Waals surface area (Å²) in [5.41, 5.74) is 0.150. The molecule has 162 valence electrons. The molecule has 2 aromatic carbocycles. The van der Waals surface area contributed by atoms with E-state index in [0.717, 1.165) is 48.4 Å². The predicted molar refractivity (Wildman–Crippen MR) is 119 cm³/mol. The molecule has 0 spiro atoms. The van der Waals surface area contributed by atoms with Gasteiger partial charge < -0.3 is 14.9 Å². The van der Waals surface area contributed by atoms with Gasteiger partial charge in [0.1, 0.15) is 5.82 Å². The molecule has 0 saturated heterocycles. The number of nitrogens with zero attached hydrogens (tertiary/aromatic N) is 4. The van der Waals surface area contributed by atoms with Crippen LogP contribution in [0.15, 0.2) is 58.1 Å². The Morgan fingerprint density at radius 2 is 1.88 bits per heavy atom. The van der Waals surface area contributed by atoms with Gasteiger partial charge in [0.15, 0.2) is 5.82 Å². The van der Waals surface area contributed by atoms with Crippen molar-refractivity contribution in [1.82, 2.24) is 29.6 Å². The number of carbonyl (C=O) groups is 1. The molecule has 5 rings (SSSR count). The number of amides is 1. The summed E-state index contributed by atoms with van der Waals surface area (Å²) in [6.45, 7) is 1.12. The molecule has 3 heterocycles. The molecule has 0 bridgehead atoms. The highest BCUT2D eigenvalue weighted by Gasteiger charge is 2.16. The number of aromatic amines is 1. The van der Waals surface area contributed by atoms with Crippen LogP contribution in [0.5, 0.6) is 0 Å². The number of aryl methyl sites for hydroxylation is 1. The minimum absolute atomic E-state index is 0.260. The first kappa shape index (κ1) is 19.9. The van der Waals surface area contributed by atoms with Crippen LogP contribution in [0.2, 0.25) is 0 Å². The Labute approximate surface area is 182 Å². The van der Waals surface area contributed by atoms with Crippen molar-refractivity contribution in [1.29, 1.82) is 0 Å². The van der Waals surface area contributed by atoms with Crippen molar-refractivity contribution in [2.45, 2.75) is 38.8 Å². The average molecular weight is 430 g/mol. The Kier molecular flexibility index (Phi) is 5.14. The molecule has 2 aromatic heterocycles. The van der Waals surface area contributed by atoms with Crippen LogP contribution in [-0.2, 0) is 19.5 Å². The maximum Gasteiger partial charge on any atom is 0.333 e. The Bertz CT molecular complexity index is 1420. The first-order valence-electron chi connectivity index (χ1n) is 10.7. The summed E-state index contributed by atoms with van der Waals surface area (Å²) in [6, 6.07) is 13.4. The largest absolute Gasteiger partial charge is 0.345 e. The van der Waals surface area contributed by atoms with E-state index in [-0.39, 0.29) is 12.5 Å². The highest BCUT2D eigenvalue weighted by atomic mass is 16.2. The predicted octanol–water partition coefficient (Wildman–Crippen LogP) is 1.93. The van der Waals surface area contributed by atoms with Gasteiger partial charge in [-0.25, -0.2) is 9.36 Å². The molecule has 2 N–H and O–H groups in total. The van der Waals surface area contributed by atoms with Gasteiger partial charge in [0.25, 0.3) is 11.5 Å². The smallest absolute Gasteiger partial charge is 0.333 e. The van der Waals surface area contributed by atoms with Crippen molar-refractivity contribution in [3.05, 3.63) is 86.6 Å². The fourth-order valence-electron chi connectivity index (χ4n) is 4.11. The number of aromatic nitrogens is 5. The third kappa shape index (κ3) is 3.62. The average Bonchev–Trinajstić information content (AvgIpc) is 3.03. The topological polar surface area (TPSA) is 115 Å². The Hall–Kier alpha value is -4.01. The normalized spacial score (nSPS) is 13.5. The summed E-state index contributed by atoms with van der Waals surface area (Å²) in [7, 11) is 0. The summed E-state index contributed by atoms with van der Waals surface area (Å²) in [6.07, 6.45) is 4.24. The molecule has 0 unspecified atom stereocenters. The van der Waals surface area contributed by atoms with Gasteiger partial charge in [-0.3, -0.25) is 9.59 Å². The molecule has 1 aliphatic rings. The van der Waals surface area contributed by atoms with Gasteiger partial charge in [0.05, 0.1) is 23.1 Å². The fraction of sp³-hybridized carbons (Fsp3) is 0.261. The standard InChI is InChI=1S/C23H22N6O3/c30-21(24-14-20-27-26-19-9-5-2-6-12-28(19)20)15-10-11-17-18(13-15)25-23(32)29(22(17)31)16-7-3-1-4-8-16/h1,3-4,7-8,10-11,13H,2,5-6,9,12,14H2,(H,24,30)(H,25,32). The van der Waals surface area contributed by atoms with Crippen molar-refractivity contribution >= 4 is 16.8 Å². The molecule has 0 fully saturated rings. The lowest BCUT2D eigenvalue weighted by Gasteiger charge is -2.09. The first-order valence-corrected chi connectivity index (χ1v) is 10.7. The summed E-state index contributed by atoms with van der Waals surface area (Å²) in [4.78, 5) is 40.9. The molecule has 0 atom stereocenters.